The van der Waals surface area contributed by atoms with E-state index in [2.05, 4.69) is 32.9 Å². The summed E-state index contributed by atoms with van der Waals surface area (Å²) in [6.07, 6.45) is 1.53. The molecule has 0 amide bonds. The van der Waals surface area contributed by atoms with Gasteiger partial charge in [-0.3, -0.25) is 9.59 Å². The van der Waals surface area contributed by atoms with Gasteiger partial charge in [0.05, 0.1) is 0 Å². The lowest BCUT2D eigenvalue weighted by atomic mass is 9.86. The van der Waals surface area contributed by atoms with Gasteiger partial charge in [-0.1, -0.05) is 52.0 Å². The van der Waals surface area contributed by atoms with Crippen LogP contribution in [0.4, 0.5) is 0 Å². The van der Waals surface area contributed by atoms with Gasteiger partial charge in [0.25, 0.3) is 6.29 Å². The van der Waals surface area contributed by atoms with Crippen LogP contribution in [0.3, 0.4) is 0 Å². The Morgan fingerprint density at radius 2 is 1.70 bits per heavy atom. The smallest absolute Gasteiger partial charge is 0.305 e. The topological polar surface area (TPSA) is 52.6 Å². The van der Waals surface area contributed by atoms with Crippen LogP contribution in [0, 0.1) is 0 Å². The lowest BCUT2D eigenvalue weighted by Gasteiger charge is -2.21. The highest BCUT2D eigenvalue weighted by atomic mass is 16.7. The maximum atomic E-state index is 11.3. The SMILES string of the molecule is CC/C(=C\c1cccc(C(C)(C)C)c1)C(OC(C)=O)OC(C)=O. The molecule has 4 heteroatoms. The van der Waals surface area contributed by atoms with E-state index in [-0.39, 0.29) is 5.41 Å². The van der Waals surface area contributed by atoms with Crippen molar-refractivity contribution < 1.29 is 19.1 Å². The number of hydrogen-bond acceptors (Lipinski definition) is 4. The van der Waals surface area contributed by atoms with E-state index < -0.39 is 18.2 Å². The second-order valence-corrected chi connectivity index (χ2v) is 6.50. The summed E-state index contributed by atoms with van der Waals surface area (Å²) in [5, 5.41) is 0. The molecule has 0 aliphatic rings. The minimum Gasteiger partial charge on any atom is -0.421 e. The molecule has 0 fully saturated rings. The highest BCUT2D eigenvalue weighted by Crippen LogP contribution is 2.25. The van der Waals surface area contributed by atoms with Crippen molar-refractivity contribution in [3.8, 4) is 0 Å². The normalized spacial score (nSPS) is 12.2. The van der Waals surface area contributed by atoms with E-state index in [9.17, 15) is 9.59 Å². The molecule has 0 spiro atoms. The second kappa shape index (κ2) is 7.95. The predicted molar refractivity (Wildman–Crippen MR) is 90.7 cm³/mol. The second-order valence-electron chi connectivity index (χ2n) is 6.50. The van der Waals surface area contributed by atoms with E-state index in [0.717, 1.165) is 11.1 Å². The minimum atomic E-state index is -0.978. The fourth-order valence-electron chi connectivity index (χ4n) is 2.12. The summed E-state index contributed by atoms with van der Waals surface area (Å²) in [6, 6.07) is 8.14. The molecule has 4 nitrogen and oxygen atoms in total. The molecular weight excluding hydrogens is 292 g/mol. The number of ether oxygens (including phenoxy) is 2. The van der Waals surface area contributed by atoms with Crippen LogP contribution >= 0.6 is 0 Å². The Balaban J connectivity index is 3.17. The van der Waals surface area contributed by atoms with E-state index in [1.165, 1.54) is 19.4 Å². The number of carbonyl (C=O) groups excluding carboxylic acids is 2. The average molecular weight is 318 g/mol. The zero-order valence-electron chi connectivity index (χ0n) is 14.8. The van der Waals surface area contributed by atoms with Crippen molar-refractivity contribution in [3.05, 3.63) is 41.0 Å². The Hall–Kier alpha value is -2.10. The molecule has 0 unspecified atom stereocenters. The third kappa shape index (κ3) is 6.27. The van der Waals surface area contributed by atoms with E-state index in [0.29, 0.717) is 6.42 Å². The van der Waals surface area contributed by atoms with Gasteiger partial charge >= 0.3 is 11.9 Å². The summed E-state index contributed by atoms with van der Waals surface area (Å²) in [6.45, 7) is 11.0. The van der Waals surface area contributed by atoms with Gasteiger partial charge in [0, 0.05) is 19.4 Å². The van der Waals surface area contributed by atoms with Crippen molar-refractivity contribution >= 4 is 18.0 Å². The van der Waals surface area contributed by atoms with Gasteiger partial charge in [0.2, 0.25) is 0 Å². The molecule has 126 valence electrons. The highest BCUT2D eigenvalue weighted by Gasteiger charge is 2.20. The molecule has 1 aromatic rings. The lowest BCUT2D eigenvalue weighted by molar-refractivity contribution is -0.178. The maximum Gasteiger partial charge on any atom is 0.305 e. The zero-order chi connectivity index (χ0) is 17.6. The Bertz CT molecular complexity index is 578. The fourth-order valence-corrected chi connectivity index (χ4v) is 2.12. The van der Waals surface area contributed by atoms with E-state index in [1.54, 1.807) is 0 Å². The number of esters is 2. The zero-order valence-corrected chi connectivity index (χ0v) is 14.8. The van der Waals surface area contributed by atoms with Crippen LogP contribution < -0.4 is 0 Å². The van der Waals surface area contributed by atoms with Crippen LogP contribution in [0.5, 0.6) is 0 Å². The number of carbonyl (C=O) groups is 2. The van der Waals surface area contributed by atoms with Gasteiger partial charge in [-0.15, -0.1) is 0 Å². The molecule has 0 heterocycles. The summed E-state index contributed by atoms with van der Waals surface area (Å²) in [4.78, 5) is 22.5. The fraction of sp³-hybridized carbons (Fsp3) is 0.474. The maximum absolute atomic E-state index is 11.3. The summed E-state index contributed by atoms with van der Waals surface area (Å²) >= 11 is 0. The van der Waals surface area contributed by atoms with Crippen LogP contribution in [0.2, 0.25) is 0 Å². The lowest BCUT2D eigenvalue weighted by Crippen LogP contribution is -2.24. The van der Waals surface area contributed by atoms with E-state index in [1.807, 2.05) is 25.1 Å². The largest absolute Gasteiger partial charge is 0.421 e. The summed E-state index contributed by atoms with van der Waals surface area (Å²) in [7, 11) is 0. The molecular formula is C19H26O4. The molecule has 23 heavy (non-hydrogen) atoms. The molecule has 0 bridgehead atoms. The summed E-state index contributed by atoms with van der Waals surface area (Å²) in [5.74, 6) is -0.974. The predicted octanol–water partition coefficient (Wildman–Crippen LogP) is 4.23. The van der Waals surface area contributed by atoms with Gasteiger partial charge in [-0.05, 0) is 29.0 Å². The van der Waals surface area contributed by atoms with Crippen molar-refractivity contribution in [3.63, 3.8) is 0 Å². The van der Waals surface area contributed by atoms with Crippen molar-refractivity contribution in [1.82, 2.24) is 0 Å². The van der Waals surface area contributed by atoms with Gasteiger partial charge in [-0.25, -0.2) is 0 Å². The molecule has 0 aliphatic heterocycles. The van der Waals surface area contributed by atoms with Gasteiger partial charge < -0.3 is 9.47 Å². The molecule has 0 aliphatic carbocycles. The van der Waals surface area contributed by atoms with Gasteiger partial charge in [0.15, 0.2) is 0 Å². The first kappa shape index (κ1) is 18.9. The summed E-state index contributed by atoms with van der Waals surface area (Å²) < 4.78 is 10.3. The Labute approximate surface area is 138 Å². The molecule has 0 radical (unpaired) electrons. The summed E-state index contributed by atoms with van der Waals surface area (Å²) in [5.41, 5.74) is 2.97. The standard InChI is InChI=1S/C19H26O4/c1-7-16(18(22-13(2)20)23-14(3)21)11-15-9-8-10-17(12-15)19(4,5)6/h8-12,18H,7H2,1-6H3/b16-11+. The first-order chi connectivity index (χ1) is 10.6. The number of hydrogen-bond donors (Lipinski definition) is 0. The van der Waals surface area contributed by atoms with Crippen LogP contribution in [-0.4, -0.2) is 18.2 Å². The third-order valence-corrected chi connectivity index (χ3v) is 3.36. The highest BCUT2D eigenvalue weighted by molar-refractivity contribution is 5.69. The first-order valence-corrected chi connectivity index (χ1v) is 7.79. The molecule has 0 saturated carbocycles. The monoisotopic (exact) mass is 318 g/mol. The molecule has 0 atom stereocenters. The third-order valence-electron chi connectivity index (χ3n) is 3.36. The molecule has 0 saturated heterocycles. The van der Waals surface area contributed by atoms with Gasteiger partial charge in [-0.2, -0.15) is 0 Å². The Morgan fingerprint density at radius 1 is 1.13 bits per heavy atom. The molecule has 1 rings (SSSR count). The van der Waals surface area contributed by atoms with Crippen LogP contribution in [0.15, 0.2) is 29.8 Å². The number of rotatable bonds is 5. The van der Waals surface area contributed by atoms with E-state index in [4.69, 9.17) is 9.47 Å². The van der Waals surface area contributed by atoms with Crippen LogP contribution in [0.1, 0.15) is 59.1 Å². The first-order valence-electron chi connectivity index (χ1n) is 7.79. The van der Waals surface area contributed by atoms with Crippen molar-refractivity contribution in [2.45, 2.75) is 59.7 Å². The van der Waals surface area contributed by atoms with Crippen molar-refractivity contribution in [1.29, 1.82) is 0 Å². The Kier molecular flexibility index (Phi) is 6.55. The Morgan fingerprint density at radius 3 is 2.13 bits per heavy atom. The van der Waals surface area contributed by atoms with Gasteiger partial charge in [0.1, 0.15) is 0 Å². The van der Waals surface area contributed by atoms with Crippen molar-refractivity contribution in [2.24, 2.45) is 0 Å². The van der Waals surface area contributed by atoms with Crippen molar-refractivity contribution in [2.75, 3.05) is 0 Å². The molecule has 0 N–H and O–H groups in total. The number of benzene rings is 1. The molecule has 1 aromatic carbocycles. The molecule has 0 aromatic heterocycles. The van der Waals surface area contributed by atoms with Crippen LogP contribution in [-0.2, 0) is 24.5 Å². The minimum absolute atomic E-state index is 0.0431. The quantitative estimate of drug-likeness (QED) is 0.602. The van der Waals surface area contributed by atoms with Crippen LogP contribution in [0.25, 0.3) is 6.08 Å². The average Bonchev–Trinajstić information content (AvgIpc) is 2.42. The van der Waals surface area contributed by atoms with E-state index >= 15 is 0 Å².